The zero-order valence-electron chi connectivity index (χ0n) is 8.71. The van der Waals surface area contributed by atoms with Crippen LogP contribution in [0.25, 0.3) is 0 Å². The first kappa shape index (κ1) is 13.0. The number of fused-ring (bicyclic) bond motifs is 1. The van der Waals surface area contributed by atoms with E-state index in [-0.39, 0.29) is 31.1 Å². The van der Waals surface area contributed by atoms with Crippen molar-refractivity contribution < 1.29 is 36.2 Å². The fourth-order valence-electron chi connectivity index (χ4n) is 1.97. The van der Waals surface area contributed by atoms with Crippen molar-refractivity contribution in [2.45, 2.75) is 12.8 Å². The fourth-order valence-corrected chi connectivity index (χ4v) is 1.97. The molecule has 0 atom stereocenters. The summed E-state index contributed by atoms with van der Waals surface area (Å²) in [7, 11) is 0. The first-order chi connectivity index (χ1) is 6.81. The van der Waals surface area contributed by atoms with Gasteiger partial charge in [0.2, 0.25) is 0 Å². The van der Waals surface area contributed by atoms with E-state index in [1.54, 1.807) is 6.07 Å². The van der Waals surface area contributed by atoms with E-state index in [0.29, 0.717) is 5.75 Å². The summed E-state index contributed by atoms with van der Waals surface area (Å²) in [5.74, 6) is 1.80. The van der Waals surface area contributed by atoms with Crippen LogP contribution in [-0.2, 0) is 6.42 Å². The molecule has 0 saturated carbocycles. The Morgan fingerprint density at radius 3 is 3.00 bits per heavy atom. The Morgan fingerprint density at radius 2 is 2.27 bits per heavy atom. The maximum Gasteiger partial charge on any atom is 2.00 e. The summed E-state index contributed by atoms with van der Waals surface area (Å²) >= 11 is 0. The Hall–Kier alpha value is -0.0981. The van der Waals surface area contributed by atoms with Gasteiger partial charge in [-0.3, -0.25) is 0 Å². The summed E-state index contributed by atoms with van der Waals surface area (Å²) in [5.41, 5.74) is 2.58. The molecule has 0 saturated heterocycles. The summed E-state index contributed by atoms with van der Waals surface area (Å²) in [6.07, 6.45) is 2.16. The average Bonchev–Trinajstić information content (AvgIpc) is 2.57. The number of phenolic OH excluding ortho intramolecular Hbond substituents is 1. The second-order valence-electron chi connectivity index (χ2n) is 3.62. The predicted octanol–water partition coefficient (Wildman–Crippen LogP) is 1.68. The number of benzene rings is 1. The molecule has 0 unspecified atom stereocenters. The molecule has 1 aromatic rings. The number of rotatable bonds is 3. The number of hydrogen-bond acceptors (Lipinski definition) is 2. The summed E-state index contributed by atoms with van der Waals surface area (Å²) in [6, 6.07) is 5.64. The first-order valence-electron chi connectivity index (χ1n) is 4.98. The molecule has 2 rings (SSSR count). The largest absolute Gasteiger partial charge is 2.00 e. The van der Waals surface area contributed by atoms with Crippen LogP contribution in [0.3, 0.4) is 0 Å². The second kappa shape index (κ2) is 5.84. The Morgan fingerprint density at radius 1 is 1.47 bits per heavy atom. The van der Waals surface area contributed by atoms with Gasteiger partial charge >= 0.3 is 31.1 Å². The van der Waals surface area contributed by atoms with Crippen molar-refractivity contribution in [1.29, 1.82) is 0 Å². The predicted molar refractivity (Wildman–Crippen MR) is 57.0 cm³/mol. The van der Waals surface area contributed by atoms with Crippen LogP contribution >= 0.6 is 0 Å². The normalized spacial score (nSPS) is 13.5. The van der Waals surface area contributed by atoms with E-state index in [4.69, 9.17) is 0 Å². The van der Waals surface area contributed by atoms with Gasteiger partial charge in [0.25, 0.3) is 0 Å². The van der Waals surface area contributed by atoms with Gasteiger partial charge < -0.3 is 17.3 Å². The van der Waals surface area contributed by atoms with Crippen LogP contribution in [0.2, 0.25) is 0 Å². The Bertz CT molecular complexity index is 327. The molecule has 2 nitrogen and oxygen atoms in total. The van der Waals surface area contributed by atoms with E-state index >= 15 is 0 Å². The van der Waals surface area contributed by atoms with Crippen molar-refractivity contribution in [3.8, 4) is 5.75 Å². The number of aryl methyl sites for hydroxylation is 1. The molecule has 0 fully saturated rings. The van der Waals surface area contributed by atoms with Gasteiger partial charge in [-0.2, -0.15) is 17.5 Å². The molecule has 1 aromatic carbocycles. The molecule has 1 aliphatic rings. The topological polar surface area (TPSA) is 32.3 Å². The van der Waals surface area contributed by atoms with Crippen molar-refractivity contribution in [2.75, 3.05) is 13.1 Å². The van der Waals surface area contributed by atoms with E-state index < -0.39 is 0 Å². The molecule has 0 radical (unpaired) electrons. The van der Waals surface area contributed by atoms with Crippen LogP contribution < -0.4 is 5.32 Å². The third kappa shape index (κ3) is 2.94. The van der Waals surface area contributed by atoms with Crippen molar-refractivity contribution in [3.63, 3.8) is 0 Å². The SMILES string of the molecule is [CH2-]CNC[C-]1CCc2cc(O)ccc21.[U+2]. The minimum absolute atomic E-state index is 0. The first-order valence-corrected chi connectivity index (χ1v) is 4.98. The van der Waals surface area contributed by atoms with Crippen LogP contribution in [0, 0.1) is 44.0 Å². The van der Waals surface area contributed by atoms with Crippen LogP contribution in [-0.4, -0.2) is 18.2 Å². The quantitative estimate of drug-likeness (QED) is 0.720. The molecule has 78 valence electrons. The van der Waals surface area contributed by atoms with Gasteiger partial charge in [0.15, 0.2) is 0 Å². The molecule has 15 heavy (non-hydrogen) atoms. The van der Waals surface area contributed by atoms with Crippen molar-refractivity contribution in [3.05, 3.63) is 42.2 Å². The van der Waals surface area contributed by atoms with E-state index in [1.165, 1.54) is 17.0 Å². The fraction of sp³-hybridized carbons (Fsp3) is 0.333. The zero-order chi connectivity index (χ0) is 9.97. The summed E-state index contributed by atoms with van der Waals surface area (Å²) in [6.45, 7) is 5.43. The Kier molecular flexibility index (Phi) is 5.05. The van der Waals surface area contributed by atoms with E-state index in [2.05, 4.69) is 12.2 Å². The molecule has 3 heteroatoms. The molecular formula is C12H15NOU. The second-order valence-corrected chi connectivity index (χ2v) is 3.62. The molecule has 0 spiro atoms. The van der Waals surface area contributed by atoms with Crippen LogP contribution in [0.5, 0.6) is 5.75 Å². The minimum atomic E-state index is 0. The third-order valence-corrected chi connectivity index (χ3v) is 2.68. The maximum absolute atomic E-state index is 9.32. The van der Waals surface area contributed by atoms with Crippen LogP contribution in [0.4, 0.5) is 0 Å². The molecule has 0 heterocycles. The van der Waals surface area contributed by atoms with Gasteiger partial charge in [0.05, 0.1) is 5.75 Å². The molecule has 2 N–H and O–H groups in total. The van der Waals surface area contributed by atoms with Crippen molar-refractivity contribution in [2.24, 2.45) is 0 Å². The Balaban J connectivity index is 0.00000112. The maximum atomic E-state index is 9.32. The van der Waals surface area contributed by atoms with E-state index in [9.17, 15) is 5.11 Å². The third-order valence-electron chi connectivity index (χ3n) is 2.68. The zero-order valence-corrected chi connectivity index (χ0v) is 12.9. The van der Waals surface area contributed by atoms with Crippen LogP contribution in [0.15, 0.2) is 18.2 Å². The van der Waals surface area contributed by atoms with E-state index in [0.717, 1.165) is 25.9 Å². The number of phenols is 1. The van der Waals surface area contributed by atoms with Crippen LogP contribution in [0.1, 0.15) is 17.5 Å². The van der Waals surface area contributed by atoms with Crippen molar-refractivity contribution >= 4 is 0 Å². The number of aromatic hydroxyl groups is 1. The van der Waals surface area contributed by atoms with Gasteiger partial charge in [-0.1, -0.05) is 25.0 Å². The van der Waals surface area contributed by atoms with Gasteiger partial charge in [-0.25, -0.2) is 0 Å². The summed E-state index contributed by atoms with van der Waals surface area (Å²) < 4.78 is 0. The number of nitrogens with one attached hydrogen (secondary N) is 1. The molecule has 0 aromatic heterocycles. The average molecular weight is 427 g/mol. The smallest absolute Gasteiger partial charge is 0.510 e. The van der Waals surface area contributed by atoms with Gasteiger partial charge in [-0.05, 0) is 6.54 Å². The summed E-state index contributed by atoms with van der Waals surface area (Å²) in [5, 5.41) is 12.6. The minimum Gasteiger partial charge on any atom is -0.510 e. The number of hydrogen-bond donors (Lipinski definition) is 2. The van der Waals surface area contributed by atoms with Gasteiger partial charge in [-0.15, -0.1) is 12.1 Å². The van der Waals surface area contributed by atoms with Gasteiger partial charge in [0.1, 0.15) is 0 Å². The molecule has 0 bridgehead atoms. The van der Waals surface area contributed by atoms with Gasteiger partial charge in [0, 0.05) is 0 Å². The molecule has 0 aliphatic heterocycles. The standard InChI is InChI=1S/C12H15NO.U/c1-2-13-8-10-4-3-9-7-11(14)5-6-12(9)10;/h5-7,13-14H,1-4,8H2;/q-2;+2. The molecule has 1 aliphatic carbocycles. The van der Waals surface area contributed by atoms with Crippen molar-refractivity contribution in [1.82, 2.24) is 5.32 Å². The monoisotopic (exact) mass is 427 g/mol. The molecule has 0 amide bonds. The van der Waals surface area contributed by atoms with E-state index in [1.807, 2.05) is 12.1 Å². The summed E-state index contributed by atoms with van der Waals surface area (Å²) in [4.78, 5) is 0. The Labute approximate surface area is 115 Å². The molecular weight excluding hydrogens is 412 g/mol.